The lowest BCUT2D eigenvalue weighted by molar-refractivity contribution is 0.185. The average molecular weight is 162 g/mol. The molecule has 0 radical (unpaired) electrons. The maximum Gasteiger partial charge on any atom is 0.0630 e. The molecule has 0 spiro atoms. The van der Waals surface area contributed by atoms with Crippen LogP contribution in [0.4, 0.5) is 0 Å². The summed E-state index contributed by atoms with van der Waals surface area (Å²) in [6.07, 6.45) is 6.62. The second-order valence-electron chi connectivity index (χ2n) is 2.60. The zero-order valence-electron chi connectivity index (χ0n) is 6.97. The summed E-state index contributed by atoms with van der Waals surface area (Å²) in [7, 11) is 0. The molecule has 0 aliphatic carbocycles. The number of unbranched alkanes of at least 4 members (excludes halogenated alkanes) is 2. The topological polar surface area (TPSA) is 20.2 Å². The van der Waals surface area contributed by atoms with Gasteiger partial charge in [0.2, 0.25) is 0 Å². The molecule has 0 bridgehead atoms. The molecular weight excluding hydrogens is 144 g/mol. The fourth-order valence-corrected chi connectivity index (χ4v) is 1.46. The Morgan fingerprint density at radius 1 is 1.40 bits per heavy atom. The van der Waals surface area contributed by atoms with Crippen molar-refractivity contribution in [1.29, 1.82) is 0 Å². The Hall–Kier alpha value is 0.310. The fraction of sp³-hybridized carbons (Fsp3) is 1.00. The first-order valence-electron chi connectivity index (χ1n) is 3.98. The van der Waals surface area contributed by atoms with Gasteiger partial charge in [0.1, 0.15) is 0 Å². The predicted molar refractivity (Wildman–Crippen MR) is 48.5 cm³/mol. The van der Waals surface area contributed by atoms with Gasteiger partial charge in [0, 0.05) is 5.75 Å². The molecule has 0 amide bonds. The van der Waals surface area contributed by atoms with Gasteiger partial charge in [-0.3, -0.25) is 0 Å². The third-order valence-electron chi connectivity index (χ3n) is 1.50. The number of aliphatic hydroxyl groups is 1. The van der Waals surface area contributed by atoms with E-state index in [1.807, 2.05) is 6.26 Å². The summed E-state index contributed by atoms with van der Waals surface area (Å²) < 4.78 is 0. The Balaban J connectivity index is 2.97. The van der Waals surface area contributed by atoms with Crippen LogP contribution in [0.15, 0.2) is 0 Å². The number of hydrogen-bond acceptors (Lipinski definition) is 2. The third kappa shape index (κ3) is 6.43. The molecule has 0 aliphatic heterocycles. The van der Waals surface area contributed by atoms with Crippen molar-refractivity contribution in [3.05, 3.63) is 0 Å². The van der Waals surface area contributed by atoms with Crippen LogP contribution in [0.25, 0.3) is 0 Å². The molecule has 62 valence electrons. The van der Waals surface area contributed by atoms with Crippen molar-refractivity contribution >= 4 is 11.8 Å². The summed E-state index contributed by atoms with van der Waals surface area (Å²) in [5.74, 6) is 0.893. The van der Waals surface area contributed by atoms with E-state index in [0.717, 1.165) is 12.2 Å². The first kappa shape index (κ1) is 10.3. The van der Waals surface area contributed by atoms with Crippen molar-refractivity contribution in [2.24, 2.45) is 0 Å². The minimum absolute atomic E-state index is 0.0680. The lowest BCUT2D eigenvalue weighted by atomic mass is 10.1. The molecule has 0 aromatic carbocycles. The van der Waals surface area contributed by atoms with Gasteiger partial charge in [-0.15, -0.1) is 0 Å². The van der Waals surface area contributed by atoms with Crippen LogP contribution in [0.5, 0.6) is 0 Å². The molecule has 0 saturated heterocycles. The summed E-state index contributed by atoms with van der Waals surface area (Å²) in [6, 6.07) is 0. The molecular formula is C8H18OS. The molecule has 0 aliphatic rings. The van der Waals surface area contributed by atoms with Crippen molar-refractivity contribution in [3.63, 3.8) is 0 Å². The highest BCUT2D eigenvalue weighted by Crippen LogP contribution is 2.06. The Bertz CT molecular complexity index is 66.3. The van der Waals surface area contributed by atoms with Crippen LogP contribution in [0.1, 0.15) is 32.6 Å². The highest BCUT2D eigenvalue weighted by atomic mass is 32.2. The Morgan fingerprint density at radius 3 is 2.60 bits per heavy atom. The van der Waals surface area contributed by atoms with E-state index >= 15 is 0 Å². The maximum absolute atomic E-state index is 9.25. The summed E-state index contributed by atoms with van der Waals surface area (Å²) in [6.45, 7) is 2.18. The monoisotopic (exact) mass is 162 g/mol. The van der Waals surface area contributed by atoms with Gasteiger partial charge in [-0.1, -0.05) is 26.2 Å². The minimum Gasteiger partial charge on any atom is -0.392 e. The predicted octanol–water partition coefficient (Wildman–Crippen LogP) is 2.29. The molecule has 2 heteroatoms. The SMILES string of the molecule is CCCCCC(O)CSC. The second-order valence-corrected chi connectivity index (χ2v) is 3.52. The van der Waals surface area contributed by atoms with Crippen LogP contribution >= 0.6 is 11.8 Å². The zero-order valence-corrected chi connectivity index (χ0v) is 7.78. The smallest absolute Gasteiger partial charge is 0.0630 e. The highest BCUT2D eigenvalue weighted by molar-refractivity contribution is 7.98. The number of hydrogen-bond donors (Lipinski definition) is 1. The first-order valence-corrected chi connectivity index (χ1v) is 5.37. The Labute approximate surface area is 68.2 Å². The van der Waals surface area contributed by atoms with Crippen LogP contribution in [0.2, 0.25) is 0 Å². The maximum atomic E-state index is 9.25. The van der Waals surface area contributed by atoms with E-state index in [9.17, 15) is 5.11 Å². The molecule has 1 N–H and O–H groups in total. The van der Waals surface area contributed by atoms with E-state index in [0.29, 0.717) is 0 Å². The summed E-state index contributed by atoms with van der Waals surface area (Å²) in [5, 5.41) is 9.25. The van der Waals surface area contributed by atoms with Crippen LogP contribution in [0.3, 0.4) is 0 Å². The van der Waals surface area contributed by atoms with Gasteiger partial charge in [-0.05, 0) is 12.7 Å². The van der Waals surface area contributed by atoms with Crippen molar-refractivity contribution in [3.8, 4) is 0 Å². The van der Waals surface area contributed by atoms with Gasteiger partial charge in [-0.2, -0.15) is 11.8 Å². The van der Waals surface area contributed by atoms with Crippen LogP contribution in [-0.4, -0.2) is 23.2 Å². The quantitative estimate of drug-likeness (QED) is 0.605. The molecule has 0 rings (SSSR count). The summed E-state index contributed by atoms with van der Waals surface area (Å²) in [5.41, 5.74) is 0. The lowest BCUT2D eigenvalue weighted by Crippen LogP contribution is -2.08. The number of rotatable bonds is 6. The van der Waals surface area contributed by atoms with Gasteiger partial charge in [0.25, 0.3) is 0 Å². The summed E-state index contributed by atoms with van der Waals surface area (Å²) >= 11 is 1.72. The van der Waals surface area contributed by atoms with Gasteiger partial charge in [0.15, 0.2) is 0 Å². The van der Waals surface area contributed by atoms with Gasteiger partial charge in [0.05, 0.1) is 6.10 Å². The molecule has 0 fully saturated rings. The summed E-state index contributed by atoms with van der Waals surface area (Å²) in [4.78, 5) is 0. The van der Waals surface area contributed by atoms with E-state index in [2.05, 4.69) is 6.92 Å². The van der Waals surface area contributed by atoms with Crippen molar-refractivity contribution in [2.75, 3.05) is 12.0 Å². The number of aliphatic hydroxyl groups excluding tert-OH is 1. The molecule has 10 heavy (non-hydrogen) atoms. The van der Waals surface area contributed by atoms with Gasteiger partial charge in [-0.25, -0.2) is 0 Å². The van der Waals surface area contributed by atoms with Crippen LogP contribution in [-0.2, 0) is 0 Å². The zero-order chi connectivity index (χ0) is 7.82. The van der Waals surface area contributed by atoms with E-state index in [-0.39, 0.29) is 6.10 Å². The molecule has 0 aromatic heterocycles. The van der Waals surface area contributed by atoms with E-state index in [1.165, 1.54) is 19.3 Å². The number of thioether (sulfide) groups is 1. The van der Waals surface area contributed by atoms with Crippen LogP contribution in [0, 0.1) is 0 Å². The standard InChI is InChI=1S/C8H18OS/c1-3-4-5-6-8(9)7-10-2/h8-9H,3-7H2,1-2H3. The van der Waals surface area contributed by atoms with Crippen molar-refractivity contribution in [1.82, 2.24) is 0 Å². The van der Waals surface area contributed by atoms with E-state index in [4.69, 9.17) is 0 Å². The molecule has 0 heterocycles. The largest absolute Gasteiger partial charge is 0.392 e. The van der Waals surface area contributed by atoms with Crippen LogP contribution < -0.4 is 0 Å². The Kier molecular flexibility index (Phi) is 7.65. The van der Waals surface area contributed by atoms with E-state index in [1.54, 1.807) is 11.8 Å². The minimum atomic E-state index is -0.0680. The molecule has 1 nitrogen and oxygen atoms in total. The molecule has 1 atom stereocenters. The van der Waals surface area contributed by atoms with Crippen molar-refractivity contribution < 1.29 is 5.11 Å². The van der Waals surface area contributed by atoms with E-state index < -0.39 is 0 Å². The lowest BCUT2D eigenvalue weighted by Gasteiger charge is -2.06. The molecule has 1 unspecified atom stereocenters. The normalized spacial score (nSPS) is 13.5. The van der Waals surface area contributed by atoms with Crippen molar-refractivity contribution in [2.45, 2.75) is 38.7 Å². The third-order valence-corrected chi connectivity index (χ3v) is 2.22. The van der Waals surface area contributed by atoms with Gasteiger partial charge < -0.3 is 5.11 Å². The van der Waals surface area contributed by atoms with Gasteiger partial charge >= 0.3 is 0 Å². The fourth-order valence-electron chi connectivity index (χ4n) is 0.906. The highest BCUT2D eigenvalue weighted by Gasteiger charge is 2.00. The average Bonchev–Trinajstić information content (AvgIpc) is 1.89. The molecule has 0 aromatic rings. The second kappa shape index (κ2) is 7.42. The first-order chi connectivity index (χ1) is 4.81. The molecule has 0 saturated carbocycles. The Morgan fingerprint density at radius 2 is 2.10 bits per heavy atom.